The summed E-state index contributed by atoms with van der Waals surface area (Å²) in [7, 11) is 0. The quantitative estimate of drug-likeness (QED) is 0.531. The number of halogens is 2. The average Bonchev–Trinajstić information content (AvgIpc) is 3.20. The van der Waals surface area contributed by atoms with E-state index in [-0.39, 0.29) is 5.69 Å². The SMILES string of the molecule is O=[N+]([O-])c1ccccc1-n1nc(-c2cccc(Cl)c2Cl)c2c1NCC2. The Balaban J connectivity index is 1.96. The van der Waals surface area contributed by atoms with Crippen molar-refractivity contribution >= 4 is 34.7 Å². The first kappa shape index (κ1) is 15.9. The highest BCUT2D eigenvalue weighted by Crippen LogP contribution is 2.40. The molecular weight excluding hydrogens is 363 g/mol. The molecule has 126 valence electrons. The predicted molar refractivity (Wildman–Crippen MR) is 97.9 cm³/mol. The number of nitro benzene ring substituents is 1. The molecule has 0 fully saturated rings. The van der Waals surface area contributed by atoms with E-state index in [9.17, 15) is 10.1 Å². The number of nitrogens with zero attached hydrogens (tertiary/aromatic N) is 3. The second-order valence-electron chi connectivity index (χ2n) is 5.61. The zero-order valence-electron chi connectivity index (χ0n) is 12.9. The Labute approximate surface area is 153 Å². The highest BCUT2D eigenvalue weighted by Gasteiger charge is 2.28. The fourth-order valence-corrected chi connectivity index (χ4v) is 3.44. The van der Waals surface area contributed by atoms with Crippen LogP contribution in [0, 0.1) is 10.1 Å². The van der Waals surface area contributed by atoms with Crippen LogP contribution in [0.4, 0.5) is 11.5 Å². The van der Waals surface area contributed by atoms with Gasteiger partial charge in [0.25, 0.3) is 5.69 Å². The molecule has 1 aliphatic rings. The summed E-state index contributed by atoms with van der Waals surface area (Å²) in [4.78, 5) is 11.0. The summed E-state index contributed by atoms with van der Waals surface area (Å²) in [6.07, 6.45) is 0.758. The van der Waals surface area contributed by atoms with Gasteiger partial charge < -0.3 is 5.32 Å². The van der Waals surface area contributed by atoms with Crippen LogP contribution in [0.5, 0.6) is 0 Å². The monoisotopic (exact) mass is 374 g/mol. The van der Waals surface area contributed by atoms with Crippen LogP contribution in [-0.4, -0.2) is 21.2 Å². The molecule has 8 heteroatoms. The molecule has 2 aromatic carbocycles. The molecule has 2 heterocycles. The van der Waals surface area contributed by atoms with Crippen LogP contribution in [0.1, 0.15) is 5.56 Å². The minimum atomic E-state index is -0.412. The molecule has 3 aromatic rings. The van der Waals surface area contributed by atoms with Gasteiger partial charge >= 0.3 is 0 Å². The summed E-state index contributed by atoms with van der Waals surface area (Å²) in [5.41, 5.74) is 2.77. The number of benzene rings is 2. The van der Waals surface area contributed by atoms with Gasteiger partial charge in [0.2, 0.25) is 0 Å². The van der Waals surface area contributed by atoms with Crippen molar-refractivity contribution < 1.29 is 4.92 Å². The Morgan fingerprint density at radius 1 is 1.16 bits per heavy atom. The number of rotatable bonds is 3. The zero-order valence-corrected chi connectivity index (χ0v) is 14.4. The van der Waals surface area contributed by atoms with Crippen LogP contribution in [0.2, 0.25) is 10.0 Å². The lowest BCUT2D eigenvalue weighted by Gasteiger charge is -2.07. The van der Waals surface area contributed by atoms with Crippen LogP contribution >= 0.6 is 23.2 Å². The lowest BCUT2D eigenvalue weighted by molar-refractivity contribution is -0.384. The maximum Gasteiger partial charge on any atom is 0.294 e. The summed E-state index contributed by atoms with van der Waals surface area (Å²) < 4.78 is 1.58. The smallest absolute Gasteiger partial charge is 0.294 e. The van der Waals surface area contributed by atoms with Crippen LogP contribution in [0.25, 0.3) is 16.9 Å². The molecule has 0 saturated heterocycles. The molecule has 0 saturated carbocycles. The first-order chi connectivity index (χ1) is 12.1. The summed E-state index contributed by atoms with van der Waals surface area (Å²) in [5.74, 6) is 0.750. The van der Waals surface area contributed by atoms with Crippen LogP contribution < -0.4 is 5.32 Å². The fraction of sp³-hybridized carbons (Fsp3) is 0.118. The highest BCUT2D eigenvalue weighted by atomic mass is 35.5. The summed E-state index contributed by atoms with van der Waals surface area (Å²) >= 11 is 12.5. The third kappa shape index (κ3) is 2.54. The van der Waals surface area contributed by atoms with Crippen molar-refractivity contribution in [3.8, 4) is 16.9 Å². The summed E-state index contributed by atoms with van der Waals surface area (Å²) in [6.45, 7) is 0.735. The van der Waals surface area contributed by atoms with Gasteiger partial charge in [0.15, 0.2) is 0 Å². The van der Waals surface area contributed by atoms with E-state index < -0.39 is 4.92 Å². The number of fused-ring (bicyclic) bond motifs is 1. The van der Waals surface area contributed by atoms with Crippen LogP contribution in [0.3, 0.4) is 0 Å². The molecule has 6 nitrogen and oxygen atoms in total. The molecule has 0 atom stereocenters. The number of aromatic nitrogens is 2. The van der Waals surface area contributed by atoms with Gasteiger partial charge in [-0.1, -0.05) is 47.5 Å². The van der Waals surface area contributed by atoms with Crippen molar-refractivity contribution in [3.05, 3.63) is 68.2 Å². The topological polar surface area (TPSA) is 73.0 Å². The van der Waals surface area contributed by atoms with Crippen molar-refractivity contribution in [3.63, 3.8) is 0 Å². The number of hydrogen-bond donors (Lipinski definition) is 1. The maximum absolute atomic E-state index is 11.4. The Kier molecular flexibility index (Phi) is 3.86. The molecule has 0 aliphatic carbocycles. The Bertz CT molecular complexity index is 1000. The van der Waals surface area contributed by atoms with Crippen molar-refractivity contribution in [2.45, 2.75) is 6.42 Å². The van der Waals surface area contributed by atoms with E-state index in [0.717, 1.165) is 24.3 Å². The lowest BCUT2D eigenvalue weighted by atomic mass is 10.1. The van der Waals surface area contributed by atoms with E-state index in [1.54, 1.807) is 28.9 Å². The van der Waals surface area contributed by atoms with Crippen molar-refractivity contribution in [2.75, 3.05) is 11.9 Å². The number of nitrogens with one attached hydrogen (secondary N) is 1. The van der Waals surface area contributed by atoms with Crippen LogP contribution in [-0.2, 0) is 6.42 Å². The van der Waals surface area contributed by atoms with Crippen LogP contribution in [0.15, 0.2) is 42.5 Å². The van der Waals surface area contributed by atoms with E-state index in [0.29, 0.717) is 27.0 Å². The van der Waals surface area contributed by atoms with Gasteiger partial charge in [-0.05, 0) is 18.6 Å². The first-order valence-electron chi connectivity index (χ1n) is 7.62. The van der Waals surface area contributed by atoms with Crippen molar-refractivity contribution in [2.24, 2.45) is 0 Å². The van der Waals surface area contributed by atoms with Gasteiger partial charge in [0.1, 0.15) is 11.5 Å². The Hall–Kier alpha value is -2.57. The molecule has 1 aliphatic heterocycles. The fourth-order valence-electron chi connectivity index (χ4n) is 3.05. The third-order valence-corrected chi connectivity index (χ3v) is 4.98. The standard InChI is InChI=1S/C17H12Cl2N4O2/c18-12-5-3-4-10(15(12)19)16-11-8-9-20-17(11)22(21-16)13-6-1-2-7-14(13)23(24)25/h1-7,20H,8-9H2. The van der Waals surface area contributed by atoms with E-state index in [4.69, 9.17) is 23.2 Å². The first-order valence-corrected chi connectivity index (χ1v) is 8.37. The van der Waals surface area contributed by atoms with E-state index in [2.05, 4.69) is 10.4 Å². The van der Waals surface area contributed by atoms with Gasteiger partial charge in [-0.15, -0.1) is 0 Å². The second kappa shape index (κ2) is 6.06. The van der Waals surface area contributed by atoms with Gasteiger partial charge in [0, 0.05) is 23.7 Å². The van der Waals surface area contributed by atoms with Gasteiger partial charge in [-0.25, -0.2) is 4.68 Å². The Morgan fingerprint density at radius 2 is 1.96 bits per heavy atom. The van der Waals surface area contributed by atoms with E-state index in [1.807, 2.05) is 12.1 Å². The van der Waals surface area contributed by atoms with E-state index >= 15 is 0 Å². The molecule has 0 radical (unpaired) electrons. The molecule has 0 amide bonds. The molecule has 1 N–H and O–H groups in total. The minimum Gasteiger partial charge on any atom is -0.369 e. The predicted octanol–water partition coefficient (Wildman–Crippen LogP) is 4.72. The highest BCUT2D eigenvalue weighted by molar-refractivity contribution is 6.43. The number of para-hydroxylation sites is 2. The molecule has 0 spiro atoms. The number of anilines is 1. The molecule has 0 unspecified atom stereocenters. The molecule has 1 aromatic heterocycles. The lowest BCUT2D eigenvalue weighted by Crippen LogP contribution is -2.06. The maximum atomic E-state index is 11.4. The molecule has 4 rings (SSSR count). The molecule has 0 bridgehead atoms. The zero-order chi connectivity index (χ0) is 17.6. The summed E-state index contributed by atoms with van der Waals surface area (Å²) in [5, 5.41) is 20.1. The Morgan fingerprint density at radius 3 is 2.76 bits per heavy atom. The van der Waals surface area contributed by atoms with Gasteiger partial charge in [-0.3, -0.25) is 10.1 Å². The second-order valence-corrected chi connectivity index (χ2v) is 6.40. The molecular formula is C17H12Cl2N4O2. The molecule has 25 heavy (non-hydrogen) atoms. The summed E-state index contributed by atoms with van der Waals surface area (Å²) in [6, 6.07) is 11.9. The normalized spacial score (nSPS) is 12.7. The number of hydrogen-bond acceptors (Lipinski definition) is 4. The number of nitro groups is 1. The van der Waals surface area contributed by atoms with Gasteiger partial charge in [0.05, 0.1) is 20.7 Å². The minimum absolute atomic E-state index is 0.00904. The van der Waals surface area contributed by atoms with Crippen molar-refractivity contribution in [1.29, 1.82) is 0 Å². The third-order valence-electron chi connectivity index (χ3n) is 4.16. The van der Waals surface area contributed by atoms with Crippen molar-refractivity contribution in [1.82, 2.24) is 9.78 Å². The largest absolute Gasteiger partial charge is 0.369 e. The average molecular weight is 375 g/mol. The van der Waals surface area contributed by atoms with Gasteiger partial charge in [-0.2, -0.15) is 5.10 Å². The van der Waals surface area contributed by atoms with E-state index in [1.165, 1.54) is 6.07 Å².